The third kappa shape index (κ3) is 5.56. The highest BCUT2D eigenvalue weighted by molar-refractivity contribution is 5.76. The van der Waals surface area contributed by atoms with E-state index in [-0.39, 0.29) is 5.91 Å². The van der Waals surface area contributed by atoms with Crippen LogP contribution >= 0.6 is 0 Å². The first-order valence-electron chi connectivity index (χ1n) is 7.28. The molecule has 1 saturated carbocycles. The summed E-state index contributed by atoms with van der Waals surface area (Å²) < 4.78 is 0. The van der Waals surface area contributed by atoms with E-state index in [1.165, 1.54) is 25.7 Å². The first-order chi connectivity index (χ1) is 7.99. The number of hydrogen-bond donors (Lipinski definition) is 1. The van der Waals surface area contributed by atoms with E-state index in [0.29, 0.717) is 6.04 Å². The van der Waals surface area contributed by atoms with Gasteiger partial charge in [-0.05, 0) is 37.0 Å². The van der Waals surface area contributed by atoms with Gasteiger partial charge in [-0.25, -0.2) is 0 Å². The summed E-state index contributed by atoms with van der Waals surface area (Å²) >= 11 is 0. The van der Waals surface area contributed by atoms with Crippen molar-refractivity contribution >= 4 is 5.91 Å². The van der Waals surface area contributed by atoms with Crippen molar-refractivity contribution < 1.29 is 4.79 Å². The van der Waals surface area contributed by atoms with Gasteiger partial charge < -0.3 is 5.32 Å². The molecule has 2 heteroatoms. The van der Waals surface area contributed by atoms with Crippen molar-refractivity contribution in [2.24, 2.45) is 17.8 Å². The molecule has 1 aliphatic carbocycles. The van der Waals surface area contributed by atoms with Gasteiger partial charge in [-0.3, -0.25) is 4.79 Å². The van der Waals surface area contributed by atoms with E-state index < -0.39 is 0 Å². The standard InChI is InChI=1S/C15H29NO/c1-11(2)7-5-6-8-15(17)16-14-9-13(10-14)12(3)4/h11-14H,5-10H2,1-4H3,(H,16,17). The minimum Gasteiger partial charge on any atom is -0.353 e. The van der Waals surface area contributed by atoms with Crippen LogP contribution in [-0.2, 0) is 4.79 Å². The van der Waals surface area contributed by atoms with Crippen LogP contribution in [0.5, 0.6) is 0 Å². The van der Waals surface area contributed by atoms with Crippen molar-refractivity contribution in [3.63, 3.8) is 0 Å². The summed E-state index contributed by atoms with van der Waals surface area (Å²) in [4.78, 5) is 11.7. The van der Waals surface area contributed by atoms with Crippen LogP contribution in [0.1, 0.15) is 66.2 Å². The molecular weight excluding hydrogens is 210 g/mol. The predicted octanol–water partition coefficient (Wildman–Crippen LogP) is 3.75. The molecule has 1 aliphatic rings. The minimum atomic E-state index is 0.265. The third-order valence-electron chi connectivity index (χ3n) is 3.92. The van der Waals surface area contributed by atoms with E-state index in [1.54, 1.807) is 0 Å². The van der Waals surface area contributed by atoms with Crippen LogP contribution in [0, 0.1) is 17.8 Å². The van der Waals surface area contributed by atoms with E-state index in [1.807, 2.05) is 0 Å². The van der Waals surface area contributed by atoms with Gasteiger partial charge in [0, 0.05) is 12.5 Å². The molecule has 0 radical (unpaired) electrons. The highest BCUT2D eigenvalue weighted by atomic mass is 16.1. The minimum absolute atomic E-state index is 0.265. The maximum atomic E-state index is 11.7. The van der Waals surface area contributed by atoms with E-state index in [9.17, 15) is 4.79 Å². The largest absolute Gasteiger partial charge is 0.353 e. The molecule has 0 aromatic rings. The number of nitrogens with one attached hydrogen (secondary N) is 1. The Morgan fingerprint density at radius 3 is 2.35 bits per heavy atom. The quantitative estimate of drug-likeness (QED) is 0.673. The lowest BCUT2D eigenvalue weighted by Gasteiger charge is -2.38. The molecule has 100 valence electrons. The molecule has 1 fully saturated rings. The highest BCUT2D eigenvalue weighted by Gasteiger charge is 2.31. The summed E-state index contributed by atoms with van der Waals surface area (Å²) in [6.45, 7) is 9.02. The molecule has 0 bridgehead atoms. The van der Waals surface area contributed by atoms with E-state index in [2.05, 4.69) is 33.0 Å². The summed E-state index contributed by atoms with van der Waals surface area (Å²) in [7, 11) is 0. The fourth-order valence-electron chi connectivity index (χ4n) is 2.46. The summed E-state index contributed by atoms with van der Waals surface area (Å²) in [6, 6.07) is 0.472. The van der Waals surface area contributed by atoms with Crippen molar-refractivity contribution in [3.8, 4) is 0 Å². The topological polar surface area (TPSA) is 29.1 Å². The van der Waals surface area contributed by atoms with Crippen LogP contribution in [0.15, 0.2) is 0 Å². The van der Waals surface area contributed by atoms with E-state index >= 15 is 0 Å². The molecule has 1 amide bonds. The average Bonchev–Trinajstić information content (AvgIpc) is 2.16. The zero-order valence-corrected chi connectivity index (χ0v) is 12.0. The summed E-state index contributed by atoms with van der Waals surface area (Å²) in [6.07, 6.45) is 6.57. The smallest absolute Gasteiger partial charge is 0.220 e. The number of carbonyl (C=O) groups excluding carboxylic acids is 1. The van der Waals surface area contributed by atoms with Crippen LogP contribution in [0.3, 0.4) is 0 Å². The molecule has 1 N–H and O–H groups in total. The van der Waals surface area contributed by atoms with Gasteiger partial charge in [0.05, 0.1) is 0 Å². The zero-order valence-electron chi connectivity index (χ0n) is 12.0. The molecule has 1 rings (SSSR count). The van der Waals surface area contributed by atoms with Crippen LogP contribution in [0.25, 0.3) is 0 Å². The first kappa shape index (κ1) is 14.5. The van der Waals surface area contributed by atoms with Gasteiger partial charge >= 0.3 is 0 Å². The van der Waals surface area contributed by atoms with Crippen LogP contribution in [0.4, 0.5) is 0 Å². The second-order valence-corrected chi connectivity index (χ2v) is 6.38. The van der Waals surface area contributed by atoms with Crippen LogP contribution in [-0.4, -0.2) is 11.9 Å². The van der Waals surface area contributed by atoms with Gasteiger partial charge in [0.25, 0.3) is 0 Å². The van der Waals surface area contributed by atoms with Crippen molar-refractivity contribution in [3.05, 3.63) is 0 Å². The molecule has 17 heavy (non-hydrogen) atoms. The number of unbranched alkanes of at least 4 members (excludes halogenated alkanes) is 1. The Bertz CT molecular complexity index is 229. The number of carbonyl (C=O) groups is 1. The fraction of sp³-hybridized carbons (Fsp3) is 0.933. The van der Waals surface area contributed by atoms with Crippen LogP contribution in [0.2, 0.25) is 0 Å². The fourth-order valence-corrected chi connectivity index (χ4v) is 2.46. The van der Waals surface area contributed by atoms with Crippen molar-refractivity contribution in [1.82, 2.24) is 5.32 Å². The molecule has 2 nitrogen and oxygen atoms in total. The number of hydrogen-bond acceptors (Lipinski definition) is 1. The molecule has 0 atom stereocenters. The Balaban J connectivity index is 1.99. The summed E-state index contributed by atoms with van der Waals surface area (Å²) in [5, 5.41) is 3.15. The second kappa shape index (κ2) is 7.03. The van der Waals surface area contributed by atoms with E-state index in [0.717, 1.165) is 30.6 Å². The SMILES string of the molecule is CC(C)CCCCC(=O)NC1CC(C(C)C)C1. The second-order valence-electron chi connectivity index (χ2n) is 6.38. The van der Waals surface area contributed by atoms with Gasteiger partial charge in [0.15, 0.2) is 0 Å². The molecule has 0 aromatic heterocycles. The summed E-state index contributed by atoms with van der Waals surface area (Å²) in [5.41, 5.74) is 0. The van der Waals surface area contributed by atoms with Crippen molar-refractivity contribution in [1.29, 1.82) is 0 Å². The number of amides is 1. The highest BCUT2D eigenvalue weighted by Crippen LogP contribution is 2.33. The Labute approximate surface area is 107 Å². The molecular formula is C15H29NO. The lowest BCUT2D eigenvalue weighted by molar-refractivity contribution is -0.122. The zero-order chi connectivity index (χ0) is 12.8. The normalized spacial score (nSPS) is 23.9. The van der Waals surface area contributed by atoms with Crippen molar-refractivity contribution in [2.45, 2.75) is 72.3 Å². The molecule has 0 saturated heterocycles. The van der Waals surface area contributed by atoms with Gasteiger partial charge in [0.1, 0.15) is 0 Å². The Morgan fingerprint density at radius 1 is 1.18 bits per heavy atom. The molecule has 0 aliphatic heterocycles. The maximum absolute atomic E-state index is 11.7. The Hall–Kier alpha value is -0.530. The molecule has 0 unspecified atom stereocenters. The lowest BCUT2D eigenvalue weighted by atomic mass is 9.73. The van der Waals surface area contributed by atoms with Gasteiger partial charge in [0.2, 0.25) is 5.91 Å². The Kier molecular flexibility index (Phi) is 6.01. The lowest BCUT2D eigenvalue weighted by Crippen LogP contribution is -2.45. The van der Waals surface area contributed by atoms with Gasteiger partial charge in [-0.2, -0.15) is 0 Å². The molecule has 0 aromatic carbocycles. The molecule has 0 spiro atoms. The van der Waals surface area contributed by atoms with Crippen LogP contribution < -0.4 is 5.32 Å². The number of rotatable bonds is 7. The van der Waals surface area contributed by atoms with Crippen molar-refractivity contribution in [2.75, 3.05) is 0 Å². The van der Waals surface area contributed by atoms with E-state index in [4.69, 9.17) is 0 Å². The van der Waals surface area contributed by atoms with Gasteiger partial charge in [-0.15, -0.1) is 0 Å². The van der Waals surface area contributed by atoms with Gasteiger partial charge in [-0.1, -0.05) is 40.5 Å². The third-order valence-corrected chi connectivity index (χ3v) is 3.92. The summed E-state index contributed by atoms with van der Waals surface area (Å²) in [5.74, 6) is 2.63. The molecule has 0 heterocycles. The first-order valence-corrected chi connectivity index (χ1v) is 7.28. The Morgan fingerprint density at radius 2 is 1.82 bits per heavy atom. The maximum Gasteiger partial charge on any atom is 0.220 e. The average molecular weight is 239 g/mol. The predicted molar refractivity (Wildman–Crippen MR) is 72.8 cm³/mol. The monoisotopic (exact) mass is 239 g/mol.